The SMILES string of the molecule is O=C(O)[C@H]1CC[C@@H](C(=O)Nc2ccc(Cl)c(Br)c2)C1. The van der Waals surface area contributed by atoms with E-state index >= 15 is 0 Å². The monoisotopic (exact) mass is 345 g/mol. The van der Waals surface area contributed by atoms with Gasteiger partial charge in [-0.05, 0) is 53.4 Å². The van der Waals surface area contributed by atoms with Crippen LogP contribution in [-0.2, 0) is 9.59 Å². The fraction of sp³-hybridized carbons (Fsp3) is 0.385. The topological polar surface area (TPSA) is 66.4 Å². The normalized spacial score (nSPS) is 22.2. The molecule has 1 aromatic rings. The molecule has 0 radical (unpaired) electrons. The van der Waals surface area contributed by atoms with Gasteiger partial charge in [0.1, 0.15) is 0 Å². The summed E-state index contributed by atoms with van der Waals surface area (Å²) in [5.41, 5.74) is 0.653. The van der Waals surface area contributed by atoms with Crippen molar-refractivity contribution in [3.63, 3.8) is 0 Å². The third kappa shape index (κ3) is 3.48. The lowest BCUT2D eigenvalue weighted by molar-refractivity contribution is -0.141. The van der Waals surface area contributed by atoms with Crippen molar-refractivity contribution in [1.82, 2.24) is 0 Å². The highest BCUT2D eigenvalue weighted by Gasteiger charge is 2.33. The molecule has 0 saturated heterocycles. The van der Waals surface area contributed by atoms with Crippen molar-refractivity contribution in [1.29, 1.82) is 0 Å². The van der Waals surface area contributed by atoms with E-state index in [-0.39, 0.29) is 11.8 Å². The second-order valence-corrected chi connectivity index (χ2v) is 5.92. The number of halogens is 2. The summed E-state index contributed by atoms with van der Waals surface area (Å²) < 4.78 is 0.710. The van der Waals surface area contributed by atoms with Crippen LogP contribution in [0.4, 0.5) is 5.69 Å². The number of benzene rings is 1. The second kappa shape index (κ2) is 5.92. The molecule has 0 aromatic heterocycles. The van der Waals surface area contributed by atoms with E-state index < -0.39 is 11.9 Å². The first-order valence-corrected chi connectivity index (χ1v) is 7.13. The molecule has 2 atom stereocenters. The maximum Gasteiger partial charge on any atom is 0.306 e. The van der Waals surface area contributed by atoms with E-state index in [1.165, 1.54) is 0 Å². The predicted octanol–water partition coefficient (Wildman–Crippen LogP) is 3.54. The lowest BCUT2D eigenvalue weighted by Crippen LogP contribution is -2.21. The quantitative estimate of drug-likeness (QED) is 0.879. The number of carbonyl (C=O) groups excluding carboxylic acids is 1. The van der Waals surface area contributed by atoms with Crippen LogP contribution in [0.1, 0.15) is 19.3 Å². The van der Waals surface area contributed by atoms with Crippen molar-refractivity contribution in [2.24, 2.45) is 11.8 Å². The Hall–Kier alpha value is -1.07. The molecule has 1 amide bonds. The smallest absolute Gasteiger partial charge is 0.306 e. The maximum atomic E-state index is 12.0. The van der Waals surface area contributed by atoms with Gasteiger partial charge in [-0.1, -0.05) is 11.6 Å². The highest BCUT2D eigenvalue weighted by atomic mass is 79.9. The Bertz CT molecular complexity index is 521. The van der Waals surface area contributed by atoms with Crippen LogP contribution in [0.2, 0.25) is 5.02 Å². The van der Waals surface area contributed by atoms with Crippen LogP contribution >= 0.6 is 27.5 Å². The van der Waals surface area contributed by atoms with Crippen LogP contribution < -0.4 is 5.32 Å². The summed E-state index contributed by atoms with van der Waals surface area (Å²) in [6, 6.07) is 5.13. The molecule has 0 unspecified atom stereocenters. The number of carboxylic acids is 1. The van der Waals surface area contributed by atoms with Gasteiger partial charge in [0.15, 0.2) is 0 Å². The number of carbonyl (C=O) groups is 2. The Labute approximate surface area is 124 Å². The molecule has 1 aliphatic rings. The summed E-state index contributed by atoms with van der Waals surface area (Å²) in [4.78, 5) is 22.9. The van der Waals surface area contributed by atoms with Crippen molar-refractivity contribution in [3.05, 3.63) is 27.7 Å². The third-order valence-electron chi connectivity index (χ3n) is 3.34. The van der Waals surface area contributed by atoms with Gasteiger partial charge in [-0.2, -0.15) is 0 Å². The number of aliphatic carboxylic acids is 1. The van der Waals surface area contributed by atoms with E-state index in [1.54, 1.807) is 18.2 Å². The second-order valence-electron chi connectivity index (χ2n) is 4.66. The number of rotatable bonds is 3. The van der Waals surface area contributed by atoms with Gasteiger partial charge in [0.05, 0.1) is 10.9 Å². The Morgan fingerprint density at radius 3 is 2.58 bits per heavy atom. The Morgan fingerprint density at radius 1 is 1.32 bits per heavy atom. The fourth-order valence-corrected chi connectivity index (χ4v) is 2.76. The van der Waals surface area contributed by atoms with Gasteiger partial charge < -0.3 is 10.4 Å². The average Bonchev–Trinajstić information content (AvgIpc) is 2.83. The van der Waals surface area contributed by atoms with Crippen LogP contribution in [0.5, 0.6) is 0 Å². The number of amides is 1. The average molecular weight is 347 g/mol. The highest BCUT2D eigenvalue weighted by Crippen LogP contribution is 2.32. The minimum Gasteiger partial charge on any atom is -0.481 e. The molecular formula is C13H13BrClNO3. The van der Waals surface area contributed by atoms with Crippen LogP contribution in [0.3, 0.4) is 0 Å². The molecule has 0 bridgehead atoms. The van der Waals surface area contributed by atoms with Crippen molar-refractivity contribution in [2.45, 2.75) is 19.3 Å². The van der Waals surface area contributed by atoms with Crippen LogP contribution in [0.15, 0.2) is 22.7 Å². The summed E-state index contributed by atoms with van der Waals surface area (Å²) in [6.07, 6.45) is 1.60. The van der Waals surface area contributed by atoms with Gasteiger partial charge in [0.25, 0.3) is 0 Å². The molecule has 19 heavy (non-hydrogen) atoms. The lowest BCUT2D eigenvalue weighted by atomic mass is 10.0. The molecule has 0 heterocycles. The molecule has 0 spiro atoms. The van der Waals surface area contributed by atoms with Crippen LogP contribution in [0.25, 0.3) is 0 Å². The van der Waals surface area contributed by atoms with Gasteiger partial charge in [-0.25, -0.2) is 0 Å². The van der Waals surface area contributed by atoms with E-state index in [2.05, 4.69) is 21.2 Å². The van der Waals surface area contributed by atoms with Crippen molar-refractivity contribution in [2.75, 3.05) is 5.32 Å². The van der Waals surface area contributed by atoms with Gasteiger partial charge >= 0.3 is 5.97 Å². The van der Waals surface area contributed by atoms with E-state index in [9.17, 15) is 9.59 Å². The highest BCUT2D eigenvalue weighted by molar-refractivity contribution is 9.10. The van der Waals surface area contributed by atoms with Crippen LogP contribution in [0, 0.1) is 11.8 Å². The van der Waals surface area contributed by atoms with Gasteiger partial charge in [0, 0.05) is 16.1 Å². The molecule has 102 valence electrons. The fourth-order valence-electron chi connectivity index (χ4n) is 2.26. The molecule has 1 aromatic carbocycles. The third-order valence-corrected chi connectivity index (χ3v) is 4.55. The summed E-state index contributed by atoms with van der Waals surface area (Å²) in [5.74, 6) is -1.56. The zero-order valence-corrected chi connectivity index (χ0v) is 12.4. The van der Waals surface area contributed by atoms with E-state index in [0.29, 0.717) is 34.4 Å². The first kappa shape index (κ1) is 14.3. The molecule has 1 fully saturated rings. The summed E-state index contributed by atoms with van der Waals surface area (Å²) in [5, 5.41) is 12.3. The molecule has 2 N–H and O–H groups in total. The van der Waals surface area contributed by atoms with Gasteiger partial charge in [-0.3, -0.25) is 9.59 Å². The Morgan fingerprint density at radius 2 is 2.00 bits per heavy atom. The van der Waals surface area contributed by atoms with Gasteiger partial charge in [-0.15, -0.1) is 0 Å². The number of carboxylic acid groups (broad SMARTS) is 1. The summed E-state index contributed by atoms with van der Waals surface area (Å²) in [7, 11) is 0. The zero-order valence-electron chi connectivity index (χ0n) is 10.0. The number of hydrogen-bond donors (Lipinski definition) is 2. The number of hydrogen-bond acceptors (Lipinski definition) is 2. The molecule has 2 rings (SSSR count). The molecular weight excluding hydrogens is 334 g/mol. The van der Waals surface area contributed by atoms with E-state index in [0.717, 1.165) is 0 Å². The number of anilines is 1. The standard InChI is InChI=1S/C13H13BrClNO3/c14-10-6-9(3-4-11(10)15)16-12(17)7-1-2-8(5-7)13(18)19/h3-4,6-8H,1-2,5H2,(H,16,17)(H,18,19)/t7-,8+/m1/s1. The molecule has 1 saturated carbocycles. The first-order valence-electron chi connectivity index (χ1n) is 5.96. The van der Waals surface area contributed by atoms with Crippen molar-refractivity contribution in [3.8, 4) is 0 Å². The predicted molar refractivity (Wildman–Crippen MR) is 76.2 cm³/mol. The van der Waals surface area contributed by atoms with E-state index in [1.807, 2.05) is 0 Å². The Kier molecular flexibility index (Phi) is 4.47. The minimum atomic E-state index is -0.815. The summed E-state index contributed by atoms with van der Waals surface area (Å²) >= 11 is 9.16. The molecule has 1 aliphatic carbocycles. The lowest BCUT2D eigenvalue weighted by Gasteiger charge is -2.11. The number of nitrogens with one attached hydrogen (secondary N) is 1. The minimum absolute atomic E-state index is 0.127. The largest absolute Gasteiger partial charge is 0.481 e. The molecule has 6 heteroatoms. The maximum absolute atomic E-state index is 12.0. The Balaban J connectivity index is 1.98. The van der Waals surface area contributed by atoms with Crippen molar-refractivity contribution < 1.29 is 14.7 Å². The van der Waals surface area contributed by atoms with E-state index in [4.69, 9.17) is 16.7 Å². The van der Waals surface area contributed by atoms with Crippen molar-refractivity contribution >= 4 is 45.1 Å². The molecule has 0 aliphatic heterocycles. The van der Waals surface area contributed by atoms with Gasteiger partial charge in [0.2, 0.25) is 5.91 Å². The molecule has 4 nitrogen and oxygen atoms in total. The first-order chi connectivity index (χ1) is 8.97. The summed E-state index contributed by atoms with van der Waals surface area (Å²) in [6.45, 7) is 0. The van der Waals surface area contributed by atoms with Crippen LogP contribution in [-0.4, -0.2) is 17.0 Å². The zero-order chi connectivity index (χ0) is 14.0.